The van der Waals surface area contributed by atoms with E-state index in [0.717, 1.165) is 16.5 Å². The molecule has 3 nitrogen and oxygen atoms in total. The SMILES string of the molecule is COc1cccc(C(=O)C=Cc2cc3cc(C)ccc3nc2Cl)c1. The quantitative estimate of drug-likeness (QED) is 0.377. The van der Waals surface area contributed by atoms with Crippen LogP contribution in [0.5, 0.6) is 5.75 Å². The van der Waals surface area contributed by atoms with Crippen molar-refractivity contribution in [3.63, 3.8) is 0 Å². The van der Waals surface area contributed by atoms with Crippen molar-refractivity contribution in [1.82, 2.24) is 4.98 Å². The van der Waals surface area contributed by atoms with Crippen molar-refractivity contribution in [2.24, 2.45) is 0 Å². The van der Waals surface area contributed by atoms with Crippen LogP contribution < -0.4 is 4.74 Å². The van der Waals surface area contributed by atoms with Crippen molar-refractivity contribution in [2.45, 2.75) is 6.92 Å². The zero-order chi connectivity index (χ0) is 17.1. The zero-order valence-corrected chi connectivity index (χ0v) is 14.2. The van der Waals surface area contributed by atoms with Crippen LogP contribution in [0.25, 0.3) is 17.0 Å². The number of nitrogens with zero attached hydrogens (tertiary/aromatic N) is 1. The smallest absolute Gasteiger partial charge is 0.185 e. The minimum absolute atomic E-state index is 0.116. The molecule has 0 saturated heterocycles. The molecular weight excluding hydrogens is 322 g/mol. The molecule has 0 amide bonds. The fourth-order valence-corrected chi connectivity index (χ4v) is 2.65. The van der Waals surface area contributed by atoms with E-state index in [2.05, 4.69) is 4.98 Å². The average Bonchev–Trinajstić information content (AvgIpc) is 2.60. The minimum atomic E-state index is -0.116. The van der Waals surface area contributed by atoms with Gasteiger partial charge in [-0.25, -0.2) is 4.98 Å². The molecule has 0 N–H and O–H groups in total. The molecule has 0 spiro atoms. The molecule has 0 fully saturated rings. The van der Waals surface area contributed by atoms with Gasteiger partial charge in [-0.15, -0.1) is 0 Å². The van der Waals surface area contributed by atoms with Gasteiger partial charge in [-0.1, -0.05) is 35.4 Å². The molecule has 1 aromatic heterocycles. The number of aromatic nitrogens is 1. The molecule has 0 aliphatic rings. The minimum Gasteiger partial charge on any atom is -0.497 e. The van der Waals surface area contributed by atoms with E-state index in [1.54, 1.807) is 37.5 Å². The van der Waals surface area contributed by atoms with Crippen LogP contribution in [0.2, 0.25) is 5.15 Å². The van der Waals surface area contributed by atoms with Gasteiger partial charge in [-0.2, -0.15) is 0 Å². The molecule has 0 atom stereocenters. The molecular formula is C20H16ClNO2. The first kappa shape index (κ1) is 16.2. The number of fused-ring (bicyclic) bond motifs is 1. The molecule has 2 aromatic carbocycles. The van der Waals surface area contributed by atoms with Gasteiger partial charge in [0.2, 0.25) is 0 Å². The Hall–Kier alpha value is -2.65. The number of pyridine rings is 1. The van der Waals surface area contributed by atoms with Crippen LogP contribution >= 0.6 is 11.6 Å². The Morgan fingerprint density at radius 1 is 1.17 bits per heavy atom. The van der Waals surface area contributed by atoms with Gasteiger partial charge in [0.1, 0.15) is 10.9 Å². The number of methoxy groups -OCH3 is 1. The number of halogens is 1. The highest BCUT2D eigenvalue weighted by Crippen LogP contribution is 2.23. The summed E-state index contributed by atoms with van der Waals surface area (Å²) in [5, 5.41) is 1.37. The van der Waals surface area contributed by atoms with Gasteiger partial charge in [0.25, 0.3) is 0 Å². The lowest BCUT2D eigenvalue weighted by Crippen LogP contribution is -1.95. The summed E-state index contributed by atoms with van der Waals surface area (Å²) in [5.41, 5.74) is 3.26. The lowest BCUT2D eigenvalue weighted by Gasteiger charge is -2.04. The van der Waals surface area contributed by atoms with Gasteiger partial charge in [0.15, 0.2) is 5.78 Å². The summed E-state index contributed by atoms with van der Waals surface area (Å²) in [6.07, 6.45) is 3.19. The van der Waals surface area contributed by atoms with Crippen molar-refractivity contribution < 1.29 is 9.53 Å². The number of rotatable bonds is 4. The van der Waals surface area contributed by atoms with E-state index in [0.29, 0.717) is 22.0 Å². The van der Waals surface area contributed by atoms with E-state index in [-0.39, 0.29) is 5.78 Å². The van der Waals surface area contributed by atoms with Crippen molar-refractivity contribution in [1.29, 1.82) is 0 Å². The molecule has 0 bridgehead atoms. The predicted octanol–water partition coefficient (Wildman–Crippen LogP) is 5.10. The van der Waals surface area contributed by atoms with Crippen molar-refractivity contribution >= 4 is 34.4 Å². The fraction of sp³-hybridized carbons (Fsp3) is 0.100. The van der Waals surface area contributed by atoms with Gasteiger partial charge < -0.3 is 4.74 Å². The third-order valence-electron chi connectivity index (χ3n) is 3.72. The predicted molar refractivity (Wildman–Crippen MR) is 97.8 cm³/mol. The highest BCUT2D eigenvalue weighted by molar-refractivity contribution is 6.31. The second kappa shape index (κ2) is 6.85. The molecule has 24 heavy (non-hydrogen) atoms. The summed E-state index contributed by atoms with van der Waals surface area (Å²) in [6, 6.07) is 14.9. The summed E-state index contributed by atoms with van der Waals surface area (Å²) in [6.45, 7) is 2.02. The third-order valence-corrected chi connectivity index (χ3v) is 4.02. The van der Waals surface area contributed by atoms with Gasteiger partial charge in [0, 0.05) is 16.5 Å². The van der Waals surface area contributed by atoms with E-state index in [1.807, 2.05) is 31.2 Å². The maximum Gasteiger partial charge on any atom is 0.185 e. The molecule has 0 unspecified atom stereocenters. The van der Waals surface area contributed by atoms with Crippen LogP contribution in [0.1, 0.15) is 21.5 Å². The average molecular weight is 338 g/mol. The molecule has 0 saturated carbocycles. The first-order valence-corrected chi connectivity index (χ1v) is 7.88. The van der Waals surface area contributed by atoms with Crippen molar-refractivity contribution in [3.8, 4) is 5.75 Å². The highest BCUT2D eigenvalue weighted by Gasteiger charge is 2.06. The summed E-state index contributed by atoms with van der Waals surface area (Å²) < 4.78 is 5.14. The first-order valence-electron chi connectivity index (χ1n) is 7.50. The Morgan fingerprint density at radius 2 is 2.00 bits per heavy atom. The van der Waals surface area contributed by atoms with Crippen molar-refractivity contribution in [2.75, 3.05) is 7.11 Å². The number of aryl methyl sites for hydroxylation is 1. The second-order valence-electron chi connectivity index (χ2n) is 5.49. The summed E-state index contributed by atoms with van der Waals surface area (Å²) >= 11 is 6.23. The number of benzene rings is 2. The zero-order valence-electron chi connectivity index (χ0n) is 13.4. The normalized spacial score (nSPS) is 11.1. The molecule has 120 valence electrons. The summed E-state index contributed by atoms with van der Waals surface area (Å²) in [7, 11) is 1.57. The van der Waals surface area contributed by atoms with Gasteiger partial charge in [0.05, 0.1) is 12.6 Å². The molecule has 1 heterocycles. The van der Waals surface area contributed by atoms with Crippen LogP contribution in [0, 0.1) is 6.92 Å². The van der Waals surface area contributed by atoms with E-state index in [4.69, 9.17) is 16.3 Å². The number of carbonyl (C=O) groups excluding carboxylic acids is 1. The Kier molecular flexibility index (Phi) is 4.63. The summed E-state index contributed by atoms with van der Waals surface area (Å²) in [4.78, 5) is 16.7. The van der Waals surface area contributed by atoms with Gasteiger partial charge in [-0.3, -0.25) is 4.79 Å². The summed E-state index contributed by atoms with van der Waals surface area (Å²) in [5.74, 6) is 0.532. The molecule has 0 aliphatic heterocycles. The van der Waals surface area contributed by atoms with Crippen LogP contribution in [0.4, 0.5) is 0 Å². The lowest BCUT2D eigenvalue weighted by molar-refractivity contribution is 0.104. The lowest BCUT2D eigenvalue weighted by atomic mass is 10.1. The fourth-order valence-electron chi connectivity index (χ4n) is 2.44. The first-order chi connectivity index (χ1) is 11.6. The second-order valence-corrected chi connectivity index (χ2v) is 5.85. The monoisotopic (exact) mass is 337 g/mol. The van der Waals surface area contributed by atoms with Gasteiger partial charge in [-0.05, 0) is 49.4 Å². The number of hydrogen-bond donors (Lipinski definition) is 0. The van der Waals surface area contributed by atoms with Crippen LogP contribution in [0.3, 0.4) is 0 Å². The van der Waals surface area contributed by atoms with Crippen molar-refractivity contribution in [3.05, 3.63) is 76.5 Å². The molecule has 0 radical (unpaired) electrons. The largest absolute Gasteiger partial charge is 0.497 e. The highest BCUT2D eigenvalue weighted by atomic mass is 35.5. The maximum absolute atomic E-state index is 12.3. The number of ether oxygens (including phenoxy) is 1. The Labute approximate surface area is 145 Å². The molecule has 4 heteroatoms. The van der Waals surface area contributed by atoms with Crippen LogP contribution in [0.15, 0.2) is 54.6 Å². The van der Waals surface area contributed by atoms with Crippen LogP contribution in [-0.2, 0) is 0 Å². The standard InChI is InChI=1S/C20H16ClNO2/c1-13-6-8-18-16(10-13)11-15(20(21)22-18)7-9-19(23)14-4-3-5-17(12-14)24-2/h3-12H,1-2H3. The maximum atomic E-state index is 12.3. The van der Waals surface area contributed by atoms with E-state index in [9.17, 15) is 4.79 Å². The molecule has 3 aromatic rings. The Bertz CT molecular complexity index is 948. The van der Waals surface area contributed by atoms with E-state index in [1.165, 1.54) is 6.08 Å². The third kappa shape index (κ3) is 3.47. The number of allylic oxidation sites excluding steroid dienone is 1. The van der Waals surface area contributed by atoms with E-state index >= 15 is 0 Å². The van der Waals surface area contributed by atoms with E-state index < -0.39 is 0 Å². The van der Waals surface area contributed by atoms with Gasteiger partial charge >= 0.3 is 0 Å². The molecule has 0 aliphatic carbocycles. The molecule has 3 rings (SSSR count). The Balaban J connectivity index is 1.91. The number of ketones is 1. The number of hydrogen-bond acceptors (Lipinski definition) is 3. The number of carbonyl (C=O) groups is 1. The Morgan fingerprint density at radius 3 is 2.79 bits per heavy atom. The topological polar surface area (TPSA) is 39.2 Å². The van der Waals surface area contributed by atoms with Crippen LogP contribution in [-0.4, -0.2) is 17.9 Å².